The summed E-state index contributed by atoms with van der Waals surface area (Å²) in [6.45, 7) is 5.30. The van der Waals surface area contributed by atoms with Crippen LogP contribution in [0.15, 0.2) is 47.7 Å². The number of rotatable bonds is 7. The molecule has 0 aromatic carbocycles. The number of aromatic nitrogens is 4. The Morgan fingerprint density at radius 1 is 1.10 bits per heavy atom. The molecule has 2 fully saturated rings. The van der Waals surface area contributed by atoms with Gasteiger partial charge in [-0.25, -0.2) is 4.98 Å². The van der Waals surface area contributed by atoms with Crippen LogP contribution in [0, 0.1) is 25.7 Å². The van der Waals surface area contributed by atoms with E-state index in [0.29, 0.717) is 36.1 Å². The van der Waals surface area contributed by atoms with E-state index in [1.807, 2.05) is 25.4 Å². The monoisotopic (exact) mass is 402 g/mol. The summed E-state index contributed by atoms with van der Waals surface area (Å²) in [6.07, 6.45) is 9.13. The molecule has 0 spiro atoms. The van der Waals surface area contributed by atoms with E-state index < -0.39 is 0 Å². The van der Waals surface area contributed by atoms with Gasteiger partial charge in [0.05, 0.1) is 12.2 Å². The smallest absolute Gasteiger partial charge is 0.250 e. The van der Waals surface area contributed by atoms with E-state index in [2.05, 4.69) is 34.0 Å². The Morgan fingerprint density at radius 2 is 1.97 bits per heavy atom. The molecular weight excluding hydrogens is 376 g/mol. The highest BCUT2D eigenvalue weighted by molar-refractivity contribution is 5.66. The highest BCUT2D eigenvalue weighted by Crippen LogP contribution is 2.47. The average molecular weight is 402 g/mol. The number of hydrogen-bond acceptors (Lipinski definition) is 5. The summed E-state index contributed by atoms with van der Waals surface area (Å²) in [5, 5.41) is 0. The predicted octanol–water partition coefficient (Wildman–Crippen LogP) is 3.91. The molecule has 0 N–H and O–H groups in total. The first kappa shape index (κ1) is 19.0. The maximum absolute atomic E-state index is 12.2. The van der Waals surface area contributed by atoms with Gasteiger partial charge in [0.1, 0.15) is 5.82 Å². The molecule has 30 heavy (non-hydrogen) atoms. The van der Waals surface area contributed by atoms with Crippen LogP contribution < -0.4 is 10.3 Å². The summed E-state index contributed by atoms with van der Waals surface area (Å²) in [7, 11) is 0. The lowest BCUT2D eigenvalue weighted by molar-refractivity contribution is 0.285. The maximum Gasteiger partial charge on any atom is 0.250 e. The van der Waals surface area contributed by atoms with Gasteiger partial charge in [-0.2, -0.15) is 4.98 Å². The van der Waals surface area contributed by atoms with Crippen LogP contribution in [0.5, 0.6) is 5.88 Å². The minimum Gasteiger partial charge on any atom is -0.477 e. The molecule has 154 valence electrons. The standard InChI is InChI=1S/C24H26N4O2/c1-15-3-7-22(26-10-15)20-9-19(20)14-30-24-21(11-25-16(2)27-24)18-6-8-23(29)28(13-18)12-17-4-5-17/h3,6-8,10-11,13,17,19-20H,4-5,9,12,14H2,1-2H3. The summed E-state index contributed by atoms with van der Waals surface area (Å²) in [6, 6.07) is 7.69. The van der Waals surface area contributed by atoms with Crippen LogP contribution in [0.2, 0.25) is 0 Å². The van der Waals surface area contributed by atoms with Gasteiger partial charge in [0.25, 0.3) is 5.56 Å². The van der Waals surface area contributed by atoms with E-state index in [1.54, 1.807) is 16.8 Å². The molecule has 0 radical (unpaired) electrons. The summed E-state index contributed by atoms with van der Waals surface area (Å²) >= 11 is 0. The molecule has 0 amide bonds. The topological polar surface area (TPSA) is 69.9 Å². The van der Waals surface area contributed by atoms with Gasteiger partial charge in [0.15, 0.2) is 0 Å². The summed E-state index contributed by atoms with van der Waals surface area (Å²) in [4.78, 5) is 25.7. The summed E-state index contributed by atoms with van der Waals surface area (Å²) in [5.41, 5.74) is 4.10. The molecule has 0 saturated heterocycles. The van der Waals surface area contributed by atoms with Gasteiger partial charge >= 0.3 is 0 Å². The average Bonchev–Trinajstić information content (AvgIpc) is 3.65. The number of hydrogen-bond donors (Lipinski definition) is 0. The Labute approximate surface area is 176 Å². The Morgan fingerprint density at radius 3 is 2.73 bits per heavy atom. The molecule has 2 atom stereocenters. The van der Waals surface area contributed by atoms with Crippen LogP contribution in [0.4, 0.5) is 0 Å². The molecule has 2 aliphatic carbocycles. The van der Waals surface area contributed by atoms with Crippen molar-refractivity contribution in [1.29, 1.82) is 0 Å². The lowest BCUT2D eigenvalue weighted by Crippen LogP contribution is -2.19. The fourth-order valence-corrected chi connectivity index (χ4v) is 3.85. The fraction of sp³-hybridized carbons (Fsp3) is 0.417. The van der Waals surface area contributed by atoms with Crippen molar-refractivity contribution in [1.82, 2.24) is 19.5 Å². The van der Waals surface area contributed by atoms with E-state index >= 15 is 0 Å². The van der Waals surface area contributed by atoms with Gasteiger partial charge in [-0.15, -0.1) is 0 Å². The normalized spacial score (nSPS) is 20.2. The molecule has 2 aliphatic rings. The second-order valence-electron chi connectivity index (χ2n) is 8.66. The third-order valence-corrected chi connectivity index (χ3v) is 5.99. The van der Waals surface area contributed by atoms with Crippen molar-refractivity contribution in [3.05, 3.63) is 70.3 Å². The van der Waals surface area contributed by atoms with Crippen molar-refractivity contribution in [2.24, 2.45) is 11.8 Å². The quantitative estimate of drug-likeness (QED) is 0.599. The molecule has 3 heterocycles. The van der Waals surface area contributed by atoms with E-state index in [1.165, 1.54) is 18.4 Å². The zero-order valence-electron chi connectivity index (χ0n) is 17.4. The van der Waals surface area contributed by atoms with E-state index in [4.69, 9.17) is 4.74 Å². The van der Waals surface area contributed by atoms with E-state index in [9.17, 15) is 4.79 Å². The van der Waals surface area contributed by atoms with Crippen LogP contribution in [-0.4, -0.2) is 26.1 Å². The zero-order valence-corrected chi connectivity index (χ0v) is 17.4. The van der Waals surface area contributed by atoms with Gasteiger partial charge in [0, 0.05) is 54.3 Å². The predicted molar refractivity (Wildman–Crippen MR) is 115 cm³/mol. The Bertz CT molecular complexity index is 1120. The van der Waals surface area contributed by atoms with Gasteiger partial charge in [0.2, 0.25) is 5.88 Å². The minimum atomic E-state index is 0.0348. The van der Waals surface area contributed by atoms with Gasteiger partial charge in [-0.1, -0.05) is 6.07 Å². The summed E-state index contributed by atoms with van der Waals surface area (Å²) in [5.74, 6) is 2.80. The van der Waals surface area contributed by atoms with Crippen LogP contribution in [0.1, 0.15) is 42.3 Å². The highest BCUT2D eigenvalue weighted by Gasteiger charge is 2.40. The molecule has 0 bridgehead atoms. The van der Waals surface area contributed by atoms with Crippen LogP contribution in [-0.2, 0) is 6.54 Å². The molecule has 3 aromatic rings. The van der Waals surface area contributed by atoms with Crippen molar-refractivity contribution in [3.8, 4) is 17.0 Å². The lowest BCUT2D eigenvalue weighted by Gasteiger charge is -2.12. The SMILES string of the molecule is Cc1ccc(C2CC2COc2nc(C)ncc2-c2ccc(=O)n(CC3CC3)c2)nc1. The molecular formula is C24H26N4O2. The third kappa shape index (κ3) is 4.13. The first-order valence-electron chi connectivity index (χ1n) is 10.7. The molecule has 2 saturated carbocycles. The summed E-state index contributed by atoms with van der Waals surface area (Å²) < 4.78 is 7.97. The van der Waals surface area contributed by atoms with E-state index in [-0.39, 0.29) is 5.56 Å². The van der Waals surface area contributed by atoms with Crippen LogP contribution >= 0.6 is 0 Å². The minimum absolute atomic E-state index is 0.0348. The van der Waals surface area contributed by atoms with Crippen molar-refractivity contribution in [2.45, 2.75) is 45.6 Å². The molecule has 6 nitrogen and oxygen atoms in total. The van der Waals surface area contributed by atoms with Gasteiger partial charge in [-0.05, 0) is 56.7 Å². The number of pyridine rings is 2. The largest absolute Gasteiger partial charge is 0.477 e. The fourth-order valence-electron chi connectivity index (χ4n) is 3.85. The lowest BCUT2D eigenvalue weighted by atomic mass is 10.1. The zero-order chi connectivity index (χ0) is 20.7. The van der Waals surface area contributed by atoms with Crippen LogP contribution in [0.3, 0.4) is 0 Å². The van der Waals surface area contributed by atoms with Crippen molar-refractivity contribution >= 4 is 0 Å². The third-order valence-electron chi connectivity index (χ3n) is 5.99. The number of aryl methyl sites for hydroxylation is 2. The Balaban J connectivity index is 1.33. The second-order valence-corrected chi connectivity index (χ2v) is 8.66. The molecule has 0 aliphatic heterocycles. The van der Waals surface area contributed by atoms with Crippen molar-refractivity contribution in [2.75, 3.05) is 6.61 Å². The van der Waals surface area contributed by atoms with Gasteiger partial charge in [-0.3, -0.25) is 9.78 Å². The number of ether oxygens (including phenoxy) is 1. The molecule has 6 heteroatoms. The van der Waals surface area contributed by atoms with Gasteiger partial charge < -0.3 is 9.30 Å². The maximum atomic E-state index is 12.2. The molecule has 5 rings (SSSR count). The second kappa shape index (κ2) is 7.67. The first-order chi connectivity index (χ1) is 14.6. The van der Waals surface area contributed by atoms with Crippen molar-refractivity contribution < 1.29 is 4.74 Å². The number of nitrogens with zero attached hydrogens (tertiary/aromatic N) is 4. The molecule has 3 aromatic heterocycles. The van der Waals surface area contributed by atoms with E-state index in [0.717, 1.165) is 29.8 Å². The van der Waals surface area contributed by atoms with Crippen molar-refractivity contribution in [3.63, 3.8) is 0 Å². The highest BCUT2D eigenvalue weighted by atomic mass is 16.5. The molecule has 2 unspecified atom stereocenters. The Kier molecular flexibility index (Phi) is 4.85. The first-order valence-corrected chi connectivity index (χ1v) is 10.7. The Hall–Kier alpha value is -3.02. The van der Waals surface area contributed by atoms with Crippen LogP contribution in [0.25, 0.3) is 11.1 Å².